The molecule has 1 heterocycles. The van der Waals surface area contributed by atoms with Crippen LogP contribution in [0.25, 0.3) is 0 Å². The lowest BCUT2D eigenvalue weighted by Crippen LogP contribution is -2.30. The van der Waals surface area contributed by atoms with E-state index in [0.29, 0.717) is 26.2 Å². The van der Waals surface area contributed by atoms with Crippen LogP contribution in [0.15, 0.2) is 18.2 Å². The summed E-state index contributed by atoms with van der Waals surface area (Å²) in [5.41, 5.74) is 2.30. The summed E-state index contributed by atoms with van der Waals surface area (Å²) >= 11 is 0. The normalized spacial score (nSPS) is 17.3. The quantitative estimate of drug-likeness (QED) is 0.613. The fourth-order valence-corrected chi connectivity index (χ4v) is 2.25. The van der Waals surface area contributed by atoms with Gasteiger partial charge in [0.25, 0.3) is 0 Å². The van der Waals surface area contributed by atoms with Gasteiger partial charge >= 0.3 is 0 Å². The van der Waals surface area contributed by atoms with Gasteiger partial charge in [-0.3, -0.25) is 0 Å². The number of rotatable bonds is 7. The molecular formula is C17H23NO3. The standard InChI is InChI=1S/C17H23NO3/c1-14-4-3-5-15(2)17(14)21-13-12-20-11-10-18-8-6-16(19)7-9-18/h3-5,16,19H,6,8,10-13H2,1-2H3. The largest absolute Gasteiger partial charge is 0.491 e. The Bertz CT molecular complexity index is 498. The summed E-state index contributed by atoms with van der Waals surface area (Å²) < 4.78 is 11.3. The Labute approximate surface area is 126 Å². The van der Waals surface area contributed by atoms with Crippen molar-refractivity contribution in [3.63, 3.8) is 0 Å². The number of nitrogens with zero attached hydrogens (tertiary/aromatic N) is 1. The van der Waals surface area contributed by atoms with E-state index in [9.17, 15) is 5.11 Å². The maximum Gasteiger partial charge on any atom is 0.125 e. The van der Waals surface area contributed by atoms with Crippen LogP contribution in [0.4, 0.5) is 0 Å². The van der Waals surface area contributed by atoms with Crippen LogP contribution in [-0.4, -0.2) is 49.0 Å². The molecule has 1 aromatic rings. The molecule has 1 N–H and O–H groups in total. The van der Waals surface area contributed by atoms with Crippen molar-refractivity contribution in [2.75, 3.05) is 32.9 Å². The summed E-state index contributed by atoms with van der Waals surface area (Å²) in [6, 6.07) is 9.05. The van der Waals surface area contributed by atoms with Crippen molar-refractivity contribution in [3.05, 3.63) is 29.3 Å². The van der Waals surface area contributed by atoms with Crippen LogP contribution in [0.2, 0.25) is 0 Å². The third kappa shape index (κ3) is 4.96. The summed E-state index contributed by atoms with van der Waals surface area (Å²) in [5.74, 6) is 3.72. The molecule has 0 fully saturated rings. The van der Waals surface area contributed by atoms with Crippen molar-refractivity contribution in [2.24, 2.45) is 0 Å². The van der Waals surface area contributed by atoms with Gasteiger partial charge in [-0.1, -0.05) is 18.2 Å². The predicted molar refractivity (Wildman–Crippen MR) is 82.2 cm³/mol. The van der Waals surface area contributed by atoms with Crippen LogP contribution in [-0.2, 0) is 4.74 Å². The molecule has 4 heteroatoms. The minimum absolute atomic E-state index is 0.465. The third-order valence-corrected chi connectivity index (χ3v) is 3.45. The molecule has 1 aromatic carbocycles. The van der Waals surface area contributed by atoms with Gasteiger partial charge < -0.3 is 19.5 Å². The van der Waals surface area contributed by atoms with Gasteiger partial charge in [0.15, 0.2) is 0 Å². The van der Waals surface area contributed by atoms with E-state index >= 15 is 0 Å². The van der Waals surface area contributed by atoms with E-state index in [0.717, 1.165) is 30.0 Å². The Balaban J connectivity index is 1.60. The number of ether oxygens (including phenoxy) is 2. The molecular weight excluding hydrogens is 266 g/mol. The van der Waals surface area contributed by atoms with Crippen molar-refractivity contribution in [2.45, 2.75) is 26.4 Å². The fourth-order valence-electron chi connectivity index (χ4n) is 2.25. The van der Waals surface area contributed by atoms with Gasteiger partial charge in [-0.15, -0.1) is 0 Å². The zero-order valence-corrected chi connectivity index (χ0v) is 12.8. The fraction of sp³-hybridized carbons (Fsp3) is 0.529. The van der Waals surface area contributed by atoms with E-state index in [2.05, 4.69) is 12.0 Å². The van der Waals surface area contributed by atoms with Crippen LogP contribution in [0.3, 0.4) is 0 Å². The Hall–Kier alpha value is -1.70. The minimum atomic E-state index is -0.465. The number of aliphatic hydroxyl groups excluding tert-OH is 1. The molecule has 1 unspecified atom stereocenters. The Morgan fingerprint density at radius 2 is 2.00 bits per heavy atom. The second-order valence-electron chi connectivity index (χ2n) is 5.23. The average molecular weight is 289 g/mol. The van der Waals surface area contributed by atoms with Crippen molar-refractivity contribution < 1.29 is 14.6 Å². The minimum Gasteiger partial charge on any atom is -0.491 e. The van der Waals surface area contributed by atoms with Gasteiger partial charge in [-0.25, -0.2) is 0 Å². The van der Waals surface area contributed by atoms with Gasteiger partial charge in [-0.05, 0) is 30.9 Å². The molecule has 0 radical (unpaired) electrons. The smallest absolute Gasteiger partial charge is 0.125 e. The molecule has 0 aliphatic carbocycles. The molecule has 0 saturated heterocycles. The van der Waals surface area contributed by atoms with E-state index in [-0.39, 0.29) is 0 Å². The molecule has 21 heavy (non-hydrogen) atoms. The number of aryl methyl sites for hydroxylation is 2. The number of hydrogen-bond acceptors (Lipinski definition) is 4. The molecule has 0 saturated carbocycles. The molecule has 2 rings (SSSR count). The second-order valence-corrected chi connectivity index (χ2v) is 5.23. The molecule has 1 aliphatic heterocycles. The highest BCUT2D eigenvalue weighted by Crippen LogP contribution is 2.21. The highest BCUT2D eigenvalue weighted by Gasteiger charge is 2.09. The Morgan fingerprint density at radius 3 is 2.67 bits per heavy atom. The zero-order valence-electron chi connectivity index (χ0n) is 12.8. The summed E-state index contributed by atoms with van der Waals surface area (Å²) in [5, 5.41) is 9.27. The van der Waals surface area contributed by atoms with Crippen molar-refractivity contribution in [1.29, 1.82) is 0 Å². The summed E-state index contributed by atoms with van der Waals surface area (Å²) in [4.78, 5) is 1.99. The first-order valence-electron chi connectivity index (χ1n) is 7.38. The molecule has 1 atom stereocenters. The van der Waals surface area contributed by atoms with Crippen LogP contribution in [0.5, 0.6) is 5.75 Å². The predicted octanol–water partition coefficient (Wildman–Crippen LogP) is 1.73. The highest BCUT2D eigenvalue weighted by molar-refractivity contribution is 5.39. The molecule has 114 valence electrons. The van der Waals surface area contributed by atoms with Crippen molar-refractivity contribution in [1.82, 2.24) is 4.90 Å². The van der Waals surface area contributed by atoms with Gasteiger partial charge in [0.1, 0.15) is 18.5 Å². The molecule has 0 bridgehead atoms. The molecule has 0 aromatic heterocycles. The SMILES string of the molecule is Cc1cccc(C)c1OCCOCCN1C#CC(O)CC1. The molecule has 1 aliphatic rings. The van der Waals surface area contributed by atoms with Crippen molar-refractivity contribution in [3.8, 4) is 17.7 Å². The third-order valence-electron chi connectivity index (χ3n) is 3.45. The maximum atomic E-state index is 9.27. The number of para-hydroxylation sites is 1. The van der Waals surface area contributed by atoms with Crippen molar-refractivity contribution >= 4 is 0 Å². The first-order chi connectivity index (χ1) is 10.2. The van der Waals surface area contributed by atoms with Gasteiger partial charge in [0.05, 0.1) is 13.2 Å². The lowest BCUT2D eigenvalue weighted by molar-refractivity contribution is 0.0860. The van der Waals surface area contributed by atoms with E-state index in [1.54, 1.807) is 0 Å². The lowest BCUT2D eigenvalue weighted by atomic mass is 10.1. The first kappa shape index (κ1) is 15.7. The van der Waals surface area contributed by atoms with Crippen LogP contribution in [0, 0.1) is 25.8 Å². The summed E-state index contributed by atoms with van der Waals surface area (Å²) in [7, 11) is 0. The van der Waals surface area contributed by atoms with Gasteiger partial charge in [-0.2, -0.15) is 0 Å². The topological polar surface area (TPSA) is 41.9 Å². The first-order valence-corrected chi connectivity index (χ1v) is 7.38. The average Bonchev–Trinajstić information content (AvgIpc) is 2.47. The second kappa shape index (κ2) is 7.92. The molecule has 0 amide bonds. The van der Waals surface area contributed by atoms with Crippen LogP contribution >= 0.6 is 0 Å². The number of aliphatic hydroxyl groups is 1. The zero-order chi connectivity index (χ0) is 15.1. The monoisotopic (exact) mass is 289 g/mol. The number of hydrogen-bond donors (Lipinski definition) is 1. The Morgan fingerprint density at radius 1 is 1.24 bits per heavy atom. The van der Waals surface area contributed by atoms with Crippen LogP contribution in [0.1, 0.15) is 17.5 Å². The molecule has 4 nitrogen and oxygen atoms in total. The number of benzene rings is 1. The van der Waals surface area contributed by atoms with E-state index in [1.165, 1.54) is 0 Å². The van der Waals surface area contributed by atoms with E-state index < -0.39 is 6.10 Å². The lowest BCUT2D eigenvalue weighted by Gasteiger charge is -2.21. The van der Waals surface area contributed by atoms with Crippen LogP contribution < -0.4 is 4.74 Å². The summed E-state index contributed by atoms with van der Waals surface area (Å²) in [6.45, 7) is 7.41. The maximum absolute atomic E-state index is 9.27. The van der Waals surface area contributed by atoms with E-state index in [1.807, 2.05) is 36.9 Å². The van der Waals surface area contributed by atoms with Gasteiger partial charge in [0.2, 0.25) is 0 Å². The van der Waals surface area contributed by atoms with Gasteiger partial charge in [0, 0.05) is 25.6 Å². The van der Waals surface area contributed by atoms with E-state index in [4.69, 9.17) is 9.47 Å². The highest BCUT2D eigenvalue weighted by atomic mass is 16.5. The Kier molecular flexibility index (Phi) is 5.91. The summed E-state index contributed by atoms with van der Waals surface area (Å²) in [6.07, 6.45) is 0.246. The molecule has 0 spiro atoms.